The summed E-state index contributed by atoms with van der Waals surface area (Å²) in [5.74, 6) is 0.820. The van der Waals surface area contributed by atoms with Crippen molar-refractivity contribution < 1.29 is 0 Å². The van der Waals surface area contributed by atoms with Crippen LogP contribution in [0.1, 0.15) is 25.1 Å². The lowest BCUT2D eigenvalue weighted by molar-refractivity contribution is 0.241. The molecule has 1 aromatic heterocycles. The van der Waals surface area contributed by atoms with Gasteiger partial charge in [0.2, 0.25) is 0 Å². The summed E-state index contributed by atoms with van der Waals surface area (Å²) in [6.07, 6.45) is 3.21. The molecule has 2 unspecified atom stereocenters. The van der Waals surface area contributed by atoms with E-state index in [1.807, 2.05) is 6.20 Å². The Morgan fingerprint density at radius 2 is 2.43 bits per heavy atom. The van der Waals surface area contributed by atoms with E-state index in [1.165, 1.54) is 17.8 Å². The maximum atomic E-state index is 5.60. The molecule has 2 heterocycles. The van der Waals surface area contributed by atoms with Gasteiger partial charge >= 0.3 is 0 Å². The van der Waals surface area contributed by atoms with Gasteiger partial charge in [-0.2, -0.15) is 0 Å². The molecule has 0 aromatic carbocycles. The van der Waals surface area contributed by atoms with E-state index in [0.717, 1.165) is 12.5 Å². The lowest BCUT2D eigenvalue weighted by atomic mass is 10.1. The first-order valence-corrected chi connectivity index (χ1v) is 5.92. The first-order chi connectivity index (χ1) is 6.66. The van der Waals surface area contributed by atoms with E-state index in [1.54, 1.807) is 11.3 Å². The van der Waals surface area contributed by atoms with E-state index in [0.29, 0.717) is 11.2 Å². The molecule has 0 radical (unpaired) electrons. The monoisotopic (exact) mass is 211 g/mol. The summed E-state index contributed by atoms with van der Waals surface area (Å²) in [5.41, 5.74) is 5.60. The minimum absolute atomic E-state index is 0.680. The number of anilines is 1. The minimum atomic E-state index is 0.680. The molecule has 0 amide bonds. The van der Waals surface area contributed by atoms with E-state index in [4.69, 9.17) is 5.73 Å². The summed E-state index contributed by atoms with van der Waals surface area (Å²) in [7, 11) is 0. The molecule has 2 atom stereocenters. The number of hydrogen-bond acceptors (Lipinski definition) is 4. The Hall–Kier alpha value is -0.610. The molecule has 1 aromatic rings. The Kier molecular flexibility index (Phi) is 2.74. The van der Waals surface area contributed by atoms with E-state index in [2.05, 4.69) is 23.7 Å². The summed E-state index contributed by atoms with van der Waals surface area (Å²) in [6, 6.07) is 0.693. The molecule has 2 N–H and O–H groups in total. The van der Waals surface area contributed by atoms with E-state index >= 15 is 0 Å². The normalized spacial score (nSPS) is 28.4. The zero-order valence-corrected chi connectivity index (χ0v) is 9.55. The molecule has 14 heavy (non-hydrogen) atoms. The first kappa shape index (κ1) is 9.93. The lowest BCUT2D eigenvalue weighted by Gasteiger charge is -2.21. The molecule has 0 spiro atoms. The van der Waals surface area contributed by atoms with Crippen LogP contribution in [0.2, 0.25) is 0 Å². The van der Waals surface area contributed by atoms with Crippen molar-refractivity contribution in [2.45, 2.75) is 32.9 Å². The Morgan fingerprint density at radius 3 is 2.93 bits per heavy atom. The predicted molar refractivity (Wildman–Crippen MR) is 60.2 cm³/mol. The predicted octanol–water partition coefficient (Wildman–Crippen LogP) is 1.96. The highest BCUT2D eigenvalue weighted by Gasteiger charge is 2.27. The van der Waals surface area contributed by atoms with Crippen LogP contribution < -0.4 is 5.73 Å². The molecule has 1 fully saturated rings. The topological polar surface area (TPSA) is 42.2 Å². The van der Waals surface area contributed by atoms with Gasteiger partial charge in [0.05, 0.1) is 0 Å². The third-order valence-electron chi connectivity index (χ3n) is 3.20. The van der Waals surface area contributed by atoms with Crippen LogP contribution in [0.5, 0.6) is 0 Å². The smallest absolute Gasteiger partial charge is 0.180 e. The minimum Gasteiger partial charge on any atom is -0.375 e. The van der Waals surface area contributed by atoms with Crippen molar-refractivity contribution in [2.75, 3.05) is 12.3 Å². The zero-order valence-electron chi connectivity index (χ0n) is 8.73. The van der Waals surface area contributed by atoms with Crippen LogP contribution in [0.3, 0.4) is 0 Å². The number of nitrogen functional groups attached to an aromatic ring is 1. The number of likely N-dealkylation sites (tertiary alicyclic amines) is 1. The number of aromatic nitrogens is 1. The summed E-state index contributed by atoms with van der Waals surface area (Å²) < 4.78 is 0. The average Bonchev–Trinajstić information content (AvgIpc) is 2.67. The number of nitrogens with two attached hydrogens (primary N) is 1. The standard InChI is InChI=1S/C10H17N3S/c1-7-3-4-13(8(7)2)6-9-5-12-10(11)14-9/h5,7-8H,3-4,6H2,1-2H3,(H2,11,12). The molecule has 1 saturated heterocycles. The summed E-state index contributed by atoms with van der Waals surface area (Å²) >= 11 is 1.60. The molecule has 78 valence electrons. The molecule has 0 saturated carbocycles. The number of nitrogens with zero attached hydrogens (tertiary/aromatic N) is 2. The zero-order chi connectivity index (χ0) is 10.1. The van der Waals surface area contributed by atoms with Crippen LogP contribution >= 0.6 is 11.3 Å². The molecule has 1 aliphatic rings. The van der Waals surface area contributed by atoms with Gasteiger partial charge in [0, 0.05) is 23.7 Å². The van der Waals surface area contributed by atoms with Crippen LogP contribution in [0, 0.1) is 5.92 Å². The van der Waals surface area contributed by atoms with E-state index < -0.39 is 0 Å². The average molecular weight is 211 g/mol. The highest BCUT2D eigenvalue weighted by molar-refractivity contribution is 7.15. The fourth-order valence-electron chi connectivity index (χ4n) is 1.99. The molecule has 4 heteroatoms. The van der Waals surface area contributed by atoms with Crippen molar-refractivity contribution in [1.29, 1.82) is 0 Å². The quantitative estimate of drug-likeness (QED) is 0.813. The van der Waals surface area contributed by atoms with Crippen LogP contribution in [-0.4, -0.2) is 22.5 Å². The molecular weight excluding hydrogens is 194 g/mol. The lowest BCUT2D eigenvalue weighted by Crippen LogP contribution is -2.28. The van der Waals surface area contributed by atoms with Gasteiger partial charge in [-0.25, -0.2) is 4.98 Å². The third kappa shape index (κ3) is 1.91. The van der Waals surface area contributed by atoms with Crippen molar-refractivity contribution in [3.63, 3.8) is 0 Å². The van der Waals surface area contributed by atoms with Crippen molar-refractivity contribution in [2.24, 2.45) is 5.92 Å². The van der Waals surface area contributed by atoms with Gasteiger partial charge in [-0.3, -0.25) is 4.90 Å². The van der Waals surface area contributed by atoms with Crippen molar-refractivity contribution in [3.05, 3.63) is 11.1 Å². The van der Waals surface area contributed by atoms with Gasteiger partial charge in [0.15, 0.2) is 5.13 Å². The highest BCUT2D eigenvalue weighted by atomic mass is 32.1. The van der Waals surface area contributed by atoms with Gasteiger partial charge < -0.3 is 5.73 Å². The second kappa shape index (κ2) is 3.87. The van der Waals surface area contributed by atoms with Crippen molar-refractivity contribution in [1.82, 2.24) is 9.88 Å². The molecule has 1 aliphatic heterocycles. The van der Waals surface area contributed by atoms with Gasteiger partial charge in [-0.1, -0.05) is 6.92 Å². The van der Waals surface area contributed by atoms with Crippen molar-refractivity contribution in [3.8, 4) is 0 Å². The SMILES string of the molecule is CC1CCN(Cc2cnc(N)s2)C1C. The fraction of sp³-hybridized carbons (Fsp3) is 0.700. The van der Waals surface area contributed by atoms with E-state index in [9.17, 15) is 0 Å². The summed E-state index contributed by atoms with van der Waals surface area (Å²) in [6.45, 7) is 6.86. The van der Waals surface area contributed by atoms with Crippen molar-refractivity contribution >= 4 is 16.5 Å². The largest absolute Gasteiger partial charge is 0.375 e. The van der Waals surface area contributed by atoms with Crippen LogP contribution in [0.15, 0.2) is 6.20 Å². The maximum Gasteiger partial charge on any atom is 0.180 e. The number of thiazole rings is 1. The maximum absolute atomic E-state index is 5.60. The summed E-state index contributed by atoms with van der Waals surface area (Å²) in [4.78, 5) is 7.86. The van der Waals surface area contributed by atoms with Crippen LogP contribution in [0.4, 0.5) is 5.13 Å². The molecular formula is C10H17N3S. The van der Waals surface area contributed by atoms with Crippen LogP contribution in [0.25, 0.3) is 0 Å². The highest BCUT2D eigenvalue weighted by Crippen LogP contribution is 2.26. The Morgan fingerprint density at radius 1 is 1.64 bits per heavy atom. The second-order valence-electron chi connectivity index (χ2n) is 4.14. The van der Waals surface area contributed by atoms with Gasteiger partial charge in [0.1, 0.15) is 0 Å². The first-order valence-electron chi connectivity index (χ1n) is 5.11. The van der Waals surface area contributed by atoms with Gasteiger partial charge in [-0.15, -0.1) is 11.3 Å². The fourth-order valence-corrected chi connectivity index (χ4v) is 2.70. The third-order valence-corrected chi connectivity index (χ3v) is 4.01. The molecule has 0 bridgehead atoms. The molecule has 3 nitrogen and oxygen atoms in total. The Bertz CT molecular complexity index is 310. The number of rotatable bonds is 2. The van der Waals surface area contributed by atoms with Crippen LogP contribution in [-0.2, 0) is 6.54 Å². The Labute approximate surface area is 88.9 Å². The van der Waals surface area contributed by atoms with Gasteiger partial charge in [0.25, 0.3) is 0 Å². The molecule has 0 aliphatic carbocycles. The second-order valence-corrected chi connectivity index (χ2v) is 5.29. The van der Waals surface area contributed by atoms with Gasteiger partial charge in [-0.05, 0) is 25.8 Å². The summed E-state index contributed by atoms with van der Waals surface area (Å²) in [5, 5.41) is 0.680. The van der Waals surface area contributed by atoms with E-state index in [-0.39, 0.29) is 0 Å². The Balaban J connectivity index is 1.98. The number of hydrogen-bond donors (Lipinski definition) is 1. The molecule has 2 rings (SSSR count).